The van der Waals surface area contributed by atoms with Gasteiger partial charge in [-0.3, -0.25) is 13.6 Å². The van der Waals surface area contributed by atoms with E-state index in [1.807, 2.05) is 20.8 Å². The van der Waals surface area contributed by atoms with Crippen LogP contribution in [-0.2, 0) is 74.9 Å². The summed E-state index contributed by atoms with van der Waals surface area (Å²) in [5.74, 6) is -1.77. The van der Waals surface area contributed by atoms with E-state index in [0.717, 1.165) is 16.7 Å². The molecule has 20 nitrogen and oxygen atoms in total. The minimum Gasteiger partial charge on any atom is -0.458 e. The topological polar surface area (TPSA) is 276 Å². The predicted octanol–water partition coefficient (Wildman–Crippen LogP) is 2.39. The Kier molecular flexibility index (Phi) is 8.20. The van der Waals surface area contributed by atoms with E-state index < -0.39 is 110 Å². The number of fused-ring (bicyclic) bond motifs is 6. The minimum atomic E-state index is -5.20. The predicted molar refractivity (Wildman–Crippen MR) is 208 cm³/mol. The zero-order chi connectivity index (χ0) is 44.9. The molecule has 19 atom stereocenters. The fraction of sp³-hybridized carbons (Fsp3) is 0.857. The number of hydrogen-bond donors (Lipinski definition) is 4. The Balaban J connectivity index is 0.807. The van der Waals surface area contributed by atoms with Gasteiger partial charge in [0.15, 0.2) is 24.8 Å². The molecule has 7 heterocycles. The lowest BCUT2D eigenvalue weighted by atomic mass is 9.45. The average Bonchev–Trinajstić information content (AvgIpc) is 4.01. The molecule has 0 aromatic heterocycles. The van der Waals surface area contributed by atoms with Crippen LogP contribution in [-0.4, -0.2) is 141 Å². The lowest BCUT2D eigenvalue weighted by Crippen LogP contribution is -2.76. The number of aliphatic hydroxyl groups is 1. The first-order valence-corrected chi connectivity index (χ1v) is 25.6. The SMILES string of the molecule is CC(C)[C@]1(O)[C@H](OP(=O)(O)OCO[C@@H]2[C@@]3(C(C)C)O[C@H]3[C@@H]3O[C@]34[C@]23O[C@H]3C[C@H]2C3=C(CC[C@@]24C)C(=O)OC3)[C@@H]2O[C@]23[C@]2(O[C@H]2C[C@H]2C4=C(CC[C@@]23C)C(=O)OC4)[C@@H]1OCOP(=O)(O)O. The van der Waals surface area contributed by atoms with Gasteiger partial charge in [-0.05, 0) is 73.3 Å². The number of ether oxygens (including phenoxy) is 9. The molecule has 64 heavy (non-hydrogen) atoms. The summed E-state index contributed by atoms with van der Waals surface area (Å²) in [6, 6.07) is 0. The number of carbonyl (C=O) groups is 2. The Morgan fingerprint density at radius 1 is 0.688 bits per heavy atom. The molecule has 13 rings (SSSR count). The van der Waals surface area contributed by atoms with Gasteiger partial charge >= 0.3 is 27.6 Å². The van der Waals surface area contributed by atoms with Crippen molar-refractivity contribution in [3.8, 4) is 0 Å². The van der Waals surface area contributed by atoms with Gasteiger partial charge < -0.3 is 62.4 Å². The van der Waals surface area contributed by atoms with Crippen LogP contribution in [0, 0.1) is 34.5 Å². The summed E-state index contributed by atoms with van der Waals surface area (Å²) in [6.07, 6.45) is -3.38. The maximum Gasteiger partial charge on any atom is 0.474 e. The van der Waals surface area contributed by atoms with Gasteiger partial charge in [0.1, 0.15) is 72.2 Å². The van der Waals surface area contributed by atoms with Crippen molar-refractivity contribution in [3.05, 3.63) is 22.3 Å². The van der Waals surface area contributed by atoms with E-state index >= 15 is 0 Å². The normalized spacial score (nSPS) is 54.6. The van der Waals surface area contributed by atoms with Crippen LogP contribution < -0.4 is 0 Å². The second-order valence-electron chi connectivity index (χ2n) is 21.6. The third-order valence-electron chi connectivity index (χ3n) is 19.1. The fourth-order valence-electron chi connectivity index (χ4n) is 16.1. The molecule has 4 saturated carbocycles. The summed E-state index contributed by atoms with van der Waals surface area (Å²) in [7, 11) is -10.2. The molecule has 4 spiro atoms. The molecule has 6 aliphatic carbocycles. The first-order chi connectivity index (χ1) is 30.1. The molecule has 0 aromatic rings. The molecule has 0 amide bonds. The molecule has 4 N–H and O–H groups in total. The van der Waals surface area contributed by atoms with Crippen LogP contribution in [0.15, 0.2) is 22.3 Å². The molecular weight excluding hydrogens is 886 g/mol. The summed E-state index contributed by atoms with van der Waals surface area (Å²) in [4.78, 5) is 56.3. The van der Waals surface area contributed by atoms with E-state index in [9.17, 15) is 38.5 Å². The van der Waals surface area contributed by atoms with Crippen LogP contribution in [0.25, 0.3) is 0 Å². The Bertz CT molecular complexity index is 2370. The Morgan fingerprint density at radius 2 is 1.20 bits per heavy atom. The largest absolute Gasteiger partial charge is 0.474 e. The standard InChI is InChI=1S/C42H54O20P2/c1-17(2)37(45)27(29-41(60-29)35(5)9-7-19-21(13-51-31(19)43)23(35)11-25-39(41,57-25)33(37)53-15-55-63(46,47)48)62-64(49,50)56-16-54-34-38(18(3)4)28(59-38)30-42(61-30)36(6)10-8-20-22(14-52-32(20)44)24(36)12-26-40(34,42)58-26/h17-18,23-30,33-34,45H,7-16H2,1-6H3,(H,49,50)(H2,46,47,48)/t23-,24-,25-,26-,27+,28-,29-,30-,33+,34+,35-,36-,37-,38-,39+,40+,41+,42+/m0/s1. The van der Waals surface area contributed by atoms with Crippen molar-refractivity contribution in [3.63, 3.8) is 0 Å². The highest BCUT2D eigenvalue weighted by molar-refractivity contribution is 7.47. The lowest BCUT2D eigenvalue weighted by molar-refractivity contribution is -0.250. The van der Waals surface area contributed by atoms with Gasteiger partial charge in [-0.1, -0.05) is 41.5 Å². The molecule has 9 fully saturated rings. The Morgan fingerprint density at radius 3 is 1.75 bits per heavy atom. The van der Waals surface area contributed by atoms with Crippen LogP contribution in [0.1, 0.15) is 80.1 Å². The summed E-state index contributed by atoms with van der Waals surface area (Å²) in [5, 5.41) is 13.0. The highest BCUT2D eigenvalue weighted by Crippen LogP contribution is 2.84. The van der Waals surface area contributed by atoms with Crippen molar-refractivity contribution in [1.29, 1.82) is 0 Å². The number of phosphoric acid groups is 2. The number of carbonyl (C=O) groups excluding carboxylic acids is 2. The van der Waals surface area contributed by atoms with Crippen LogP contribution in [0.3, 0.4) is 0 Å². The quantitative estimate of drug-likeness (QED) is 0.0946. The van der Waals surface area contributed by atoms with Gasteiger partial charge in [0.25, 0.3) is 0 Å². The second kappa shape index (κ2) is 12.4. The Hall–Kier alpha value is -1.68. The number of phosphoric ester groups is 2. The zero-order valence-corrected chi connectivity index (χ0v) is 38.0. The third kappa shape index (κ3) is 4.62. The maximum atomic E-state index is 14.4. The summed E-state index contributed by atoms with van der Waals surface area (Å²) < 4.78 is 100. The van der Waals surface area contributed by atoms with Crippen molar-refractivity contribution in [2.45, 2.75) is 163 Å². The molecule has 352 valence electrons. The minimum absolute atomic E-state index is 0.0144. The number of hydrogen-bond acceptors (Lipinski definition) is 17. The van der Waals surface area contributed by atoms with Crippen LogP contribution in [0.2, 0.25) is 0 Å². The van der Waals surface area contributed by atoms with Crippen LogP contribution >= 0.6 is 15.6 Å². The summed E-state index contributed by atoms with van der Waals surface area (Å²) in [6.45, 7) is 10.2. The molecular formula is C42H54O20P2. The molecule has 1 unspecified atom stereocenters. The van der Waals surface area contributed by atoms with E-state index in [1.165, 1.54) is 0 Å². The average molecular weight is 941 g/mol. The second-order valence-corrected chi connectivity index (χ2v) is 24.2. The molecule has 0 radical (unpaired) electrons. The molecule has 22 heteroatoms. The van der Waals surface area contributed by atoms with Crippen molar-refractivity contribution in [2.24, 2.45) is 34.5 Å². The van der Waals surface area contributed by atoms with Gasteiger partial charge in [-0.2, -0.15) is 0 Å². The smallest absolute Gasteiger partial charge is 0.458 e. The van der Waals surface area contributed by atoms with Crippen molar-refractivity contribution < 1.29 is 94.7 Å². The number of epoxide rings is 5. The first kappa shape index (κ1) is 42.4. The number of rotatable bonds is 12. The van der Waals surface area contributed by atoms with Gasteiger partial charge in [0.05, 0.1) is 12.2 Å². The molecule has 5 saturated heterocycles. The van der Waals surface area contributed by atoms with E-state index in [2.05, 4.69) is 6.92 Å². The number of cyclic esters (lactones) is 2. The Labute approximate surface area is 367 Å². The number of esters is 2. The van der Waals surface area contributed by atoms with Crippen molar-refractivity contribution in [2.75, 3.05) is 26.8 Å². The lowest BCUT2D eigenvalue weighted by Gasteiger charge is -2.58. The first-order valence-electron chi connectivity index (χ1n) is 22.5. The van der Waals surface area contributed by atoms with Crippen molar-refractivity contribution in [1.82, 2.24) is 0 Å². The highest BCUT2D eigenvalue weighted by Gasteiger charge is 3.01. The molecule has 0 aromatic carbocycles. The van der Waals surface area contributed by atoms with Gasteiger partial charge in [0, 0.05) is 22.0 Å². The van der Waals surface area contributed by atoms with Gasteiger partial charge in [-0.15, -0.1) is 0 Å². The van der Waals surface area contributed by atoms with Gasteiger partial charge in [0.2, 0.25) is 0 Å². The molecule has 13 aliphatic rings. The van der Waals surface area contributed by atoms with Gasteiger partial charge in [-0.25, -0.2) is 18.7 Å². The maximum absolute atomic E-state index is 14.4. The van der Waals surface area contributed by atoms with E-state index in [-0.39, 0.29) is 61.2 Å². The molecule has 0 bridgehead atoms. The monoisotopic (exact) mass is 940 g/mol. The van der Waals surface area contributed by atoms with E-state index in [1.54, 1.807) is 13.8 Å². The van der Waals surface area contributed by atoms with Crippen LogP contribution in [0.4, 0.5) is 0 Å². The van der Waals surface area contributed by atoms with Crippen LogP contribution in [0.5, 0.6) is 0 Å². The molecule has 7 aliphatic heterocycles. The summed E-state index contributed by atoms with van der Waals surface area (Å²) >= 11 is 0. The third-order valence-corrected chi connectivity index (χ3v) is 20.4. The van der Waals surface area contributed by atoms with E-state index in [4.69, 9.17) is 56.2 Å². The fourth-order valence-corrected chi connectivity index (χ4v) is 17.1. The zero-order valence-electron chi connectivity index (χ0n) is 36.2. The highest BCUT2D eigenvalue weighted by atomic mass is 31.2. The summed E-state index contributed by atoms with van der Waals surface area (Å²) in [5.41, 5.74) is -5.54. The van der Waals surface area contributed by atoms with Crippen molar-refractivity contribution >= 4 is 27.6 Å². The van der Waals surface area contributed by atoms with E-state index in [0.29, 0.717) is 44.1 Å².